The molecule has 0 spiro atoms. The van der Waals surface area contributed by atoms with Crippen molar-refractivity contribution in [2.24, 2.45) is 0 Å². The Balaban J connectivity index is 2.36. The van der Waals surface area contributed by atoms with Crippen LogP contribution in [-0.4, -0.2) is 27.7 Å². The summed E-state index contributed by atoms with van der Waals surface area (Å²) in [5.41, 5.74) is -1.06. The molecule has 0 radical (unpaired) electrons. The van der Waals surface area contributed by atoms with E-state index in [4.69, 9.17) is 0 Å². The topological polar surface area (TPSA) is 64.0 Å². The fraction of sp³-hybridized carbons (Fsp3) is 0.267. The zero-order valence-corrected chi connectivity index (χ0v) is 12.4. The number of amides is 1. The minimum atomic E-state index is -3.12. The zero-order chi connectivity index (χ0) is 17.2. The van der Waals surface area contributed by atoms with Crippen LogP contribution < -0.4 is 10.9 Å². The molecule has 2 aromatic rings. The van der Waals surface area contributed by atoms with E-state index in [9.17, 15) is 22.8 Å². The number of halogens is 3. The Morgan fingerprint density at radius 2 is 1.91 bits per heavy atom. The number of hydrogen-bond donors (Lipinski definition) is 1. The molecule has 1 amide bonds. The summed E-state index contributed by atoms with van der Waals surface area (Å²) < 4.78 is 40.7. The minimum absolute atomic E-state index is 0.138. The summed E-state index contributed by atoms with van der Waals surface area (Å²) in [6.45, 7) is 1.82. The first-order chi connectivity index (χ1) is 10.7. The fourth-order valence-electron chi connectivity index (χ4n) is 1.73. The average Bonchev–Trinajstić information content (AvgIpc) is 2.47. The van der Waals surface area contributed by atoms with Crippen LogP contribution in [0.2, 0.25) is 0 Å². The van der Waals surface area contributed by atoms with Crippen molar-refractivity contribution in [1.82, 2.24) is 15.1 Å². The predicted octanol–water partition coefficient (Wildman–Crippen LogP) is 2.15. The van der Waals surface area contributed by atoms with Crippen molar-refractivity contribution >= 4 is 5.91 Å². The largest absolute Gasteiger partial charge is 0.342 e. The molecule has 0 aliphatic carbocycles. The van der Waals surface area contributed by atoms with E-state index in [1.165, 1.54) is 18.2 Å². The normalized spacial score (nSPS) is 12.7. The van der Waals surface area contributed by atoms with Crippen LogP contribution in [0.25, 0.3) is 5.69 Å². The second-order valence-corrected chi connectivity index (χ2v) is 5.07. The van der Waals surface area contributed by atoms with Crippen molar-refractivity contribution in [2.45, 2.75) is 25.8 Å². The van der Waals surface area contributed by atoms with Gasteiger partial charge in [-0.2, -0.15) is 9.78 Å². The van der Waals surface area contributed by atoms with Gasteiger partial charge >= 0.3 is 0 Å². The molecule has 23 heavy (non-hydrogen) atoms. The van der Waals surface area contributed by atoms with Crippen molar-refractivity contribution in [1.29, 1.82) is 0 Å². The molecule has 0 bridgehead atoms. The third-order valence-electron chi connectivity index (χ3n) is 3.22. The quantitative estimate of drug-likeness (QED) is 0.937. The Labute approximate surface area is 129 Å². The second-order valence-electron chi connectivity index (χ2n) is 5.07. The number of rotatable bonds is 4. The molecule has 0 saturated carbocycles. The van der Waals surface area contributed by atoms with Crippen LogP contribution in [0.3, 0.4) is 0 Å². The number of nitrogens with zero attached hydrogens (tertiary/aromatic N) is 2. The van der Waals surface area contributed by atoms with E-state index in [1.54, 1.807) is 0 Å². The van der Waals surface area contributed by atoms with Gasteiger partial charge in [0, 0.05) is 13.0 Å². The smallest absolute Gasteiger partial charge is 0.272 e. The molecular weight excluding hydrogens is 311 g/mol. The van der Waals surface area contributed by atoms with Crippen LogP contribution in [0, 0.1) is 5.82 Å². The van der Waals surface area contributed by atoms with E-state index >= 15 is 0 Å². The van der Waals surface area contributed by atoms with E-state index in [0.29, 0.717) is 11.6 Å². The van der Waals surface area contributed by atoms with Gasteiger partial charge in [-0.05, 0) is 25.1 Å². The Bertz CT molecular complexity index is 784. The van der Waals surface area contributed by atoms with Crippen molar-refractivity contribution < 1.29 is 18.0 Å². The highest BCUT2D eigenvalue weighted by Gasteiger charge is 2.31. The van der Waals surface area contributed by atoms with Crippen LogP contribution in [0.5, 0.6) is 0 Å². The molecule has 1 N–H and O–H groups in total. The molecule has 0 aliphatic heterocycles. The van der Waals surface area contributed by atoms with E-state index in [1.807, 2.05) is 0 Å². The van der Waals surface area contributed by atoms with Crippen molar-refractivity contribution in [3.63, 3.8) is 0 Å². The maximum atomic E-state index is 13.8. The molecule has 1 atom stereocenters. The van der Waals surface area contributed by atoms with Crippen LogP contribution >= 0.6 is 0 Å². The lowest BCUT2D eigenvalue weighted by atomic mass is 10.2. The van der Waals surface area contributed by atoms with Crippen molar-refractivity contribution in [2.75, 3.05) is 0 Å². The van der Waals surface area contributed by atoms with Gasteiger partial charge in [0.15, 0.2) is 0 Å². The predicted molar refractivity (Wildman–Crippen MR) is 77.3 cm³/mol. The summed E-state index contributed by atoms with van der Waals surface area (Å²) in [6, 6.07) is 6.07. The molecule has 1 unspecified atom stereocenters. The molecule has 0 aliphatic rings. The van der Waals surface area contributed by atoms with Gasteiger partial charge < -0.3 is 5.32 Å². The van der Waals surface area contributed by atoms with E-state index in [-0.39, 0.29) is 11.4 Å². The lowest BCUT2D eigenvalue weighted by Crippen LogP contribution is -2.44. The summed E-state index contributed by atoms with van der Waals surface area (Å²) in [6.07, 6.45) is 0. The molecule has 122 valence electrons. The van der Waals surface area contributed by atoms with E-state index in [0.717, 1.165) is 25.1 Å². The number of benzene rings is 1. The molecule has 0 fully saturated rings. The Hall–Kier alpha value is -2.64. The number of carbonyl (C=O) groups excluding carboxylic acids is 1. The summed E-state index contributed by atoms with van der Waals surface area (Å²) in [7, 11) is 0. The first-order valence-corrected chi connectivity index (χ1v) is 6.74. The molecule has 1 heterocycles. The lowest BCUT2D eigenvalue weighted by molar-refractivity contribution is -0.0109. The monoisotopic (exact) mass is 325 g/mol. The summed E-state index contributed by atoms with van der Waals surface area (Å²) >= 11 is 0. The lowest BCUT2D eigenvalue weighted by Gasteiger charge is -2.20. The fourth-order valence-corrected chi connectivity index (χ4v) is 1.73. The highest BCUT2D eigenvalue weighted by atomic mass is 19.3. The highest BCUT2D eigenvalue weighted by Crippen LogP contribution is 2.17. The number of aromatic nitrogens is 2. The summed E-state index contributed by atoms with van der Waals surface area (Å²) in [5.74, 6) is -4.70. The third kappa shape index (κ3) is 3.77. The summed E-state index contributed by atoms with van der Waals surface area (Å²) in [5, 5.41) is 5.83. The Morgan fingerprint density at radius 3 is 2.52 bits per heavy atom. The van der Waals surface area contributed by atoms with Gasteiger partial charge in [0.05, 0.1) is 6.04 Å². The molecule has 2 rings (SSSR count). The highest BCUT2D eigenvalue weighted by molar-refractivity contribution is 5.92. The van der Waals surface area contributed by atoms with E-state index in [2.05, 4.69) is 10.4 Å². The second kappa shape index (κ2) is 6.23. The average molecular weight is 325 g/mol. The maximum absolute atomic E-state index is 13.8. The molecular formula is C15H14F3N3O2. The van der Waals surface area contributed by atoms with Crippen molar-refractivity contribution in [3.8, 4) is 5.69 Å². The molecule has 1 aromatic carbocycles. The molecule has 5 nitrogen and oxygen atoms in total. The van der Waals surface area contributed by atoms with Gasteiger partial charge in [-0.15, -0.1) is 0 Å². The molecule has 1 aromatic heterocycles. The van der Waals surface area contributed by atoms with E-state index < -0.39 is 29.2 Å². The van der Waals surface area contributed by atoms with Gasteiger partial charge in [-0.3, -0.25) is 9.59 Å². The van der Waals surface area contributed by atoms with Crippen molar-refractivity contribution in [3.05, 3.63) is 58.3 Å². The SMILES string of the molecule is CC(NC(=O)c1ccc(=O)n(-c2ccccc2F)n1)C(C)(F)F. The maximum Gasteiger partial charge on any atom is 0.272 e. The number of nitrogens with one attached hydrogen (secondary N) is 1. The first-order valence-electron chi connectivity index (χ1n) is 6.74. The first kappa shape index (κ1) is 16.7. The molecule has 0 saturated heterocycles. The van der Waals surface area contributed by atoms with Crippen LogP contribution in [0.15, 0.2) is 41.2 Å². The Kier molecular flexibility index (Phi) is 4.53. The van der Waals surface area contributed by atoms with Gasteiger partial charge in [-0.25, -0.2) is 13.2 Å². The Morgan fingerprint density at radius 1 is 1.26 bits per heavy atom. The summed E-state index contributed by atoms with van der Waals surface area (Å²) in [4.78, 5) is 23.8. The van der Waals surface area contributed by atoms with Crippen LogP contribution in [0.1, 0.15) is 24.3 Å². The number of carbonyl (C=O) groups is 1. The molecule has 8 heteroatoms. The minimum Gasteiger partial charge on any atom is -0.342 e. The zero-order valence-electron chi connectivity index (χ0n) is 12.4. The van der Waals surface area contributed by atoms with Gasteiger partial charge in [0.1, 0.15) is 17.2 Å². The standard InChI is InChI=1S/C15H14F3N3O2/c1-9(15(2,17)18)19-14(23)11-7-8-13(22)21(20-11)12-6-4-3-5-10(12)16/h3-9H,1-2H3,(H,19,23). The van der Waals surface area contributed by atoms with Gasteiger partial charge in [-0.1, -0.05) is 12.1 Å². The van der Waals surface area contributed by atoms with Crippen LogP contribution in [-0.2, 0) is 0 Å². The number of hydrogen-bond acceptors (Lipinski definition) is 3. The van der Waals surface area contributed by atoms with Crippen LogP contribution in [0.4, 0.5) is 13.2 Å². The number of alkyl halides is 2. The van der Waals surface area contributed by atoms with Gasteiger partial charge in [0.2, 0.25) is 0 Å². The van der Waals surface area contributed by atoms with Gasteiger partial charge in [0.25, 0.3) is 17.4 Å². The third-order valence-corrected chi connectivity index (χ3v) is 3.22. The number of para-hydroxylation sites is 1.